The van der Waals surface area contributed by atoms with E-state index in [1.54, 1.807) is 13.0 Å². The van der Waals surface area contributed by atoms with E-state index in [0.29, 0.717) is 12.0 Å². The molecule has 0 atom stereocenters. The summed E-state index contributed by atoms with van der Waals surface area (Å²) in [7, 11) is 0. The Morgan fingerprint density at radius 3 is 2.20 bits per heavy atom. The van der Waals surface area contributed by atoms with E-state index in [1.165, 1.54) is 18.2 Å². The lowest BCUT2D eigenvalue weighted by Crippen LogP contribution is -2.03. The number of carbonyl (C=O) groups is 1. The van der Waals surface area contributed by atoms with Crippen LogP contribution in [0.2, 0.25) is 0 Å². The third kappa shape index (κ3) is 4.57. The van der Waals surface area contributed by atoms with Gasteiger partial charge in [0.1, 0.15) is 11.5 Å². The number of aromatic hydroxyl groups is 2. The summed E-state index contributed by atoms with van der Waals surface area (Å²) >= 11 is 0. The molecule has 0 aliphatic rings. The van der Waals surface area contributed by atoms with Gasteiger partial charge in [-0.1, -0.05) is 31.6 Å². The molecule has 0 aromatic heterocycles. The summed E-state index contributed by atoms with van der Waals surface area (Å²) in [4.78, 5) is 11.9. The smallest absolute Gasteiger partial charge is 0.189 e. The summed E-state index contributed by atoms with van der Waals surface area (Å²) in [6, 6.07) is 2.74. The van der Waals surface area contributed by atoms with Crippen LogP contribution >= 0.6 is 0 Å². The Bertz CT molecular complexity index is 511. The van der Waals surface area contributed by atoms with Crippen molar-refractivity contribution in [3.8, 4) is 11.5 Å². The van der Waals surface area contributed by atoms with Gasteiger partial charge in [0, 0.05) is 5.56 Å². The molecule has 3 nitrogen and oxygen atoms in total. The lowest BCUT2D eigenvalue weighted by molar-refractivity contribution is 0.104. The van der Waals surface area contributed by atoms with Crippen LogP contribution in [0, 0.1) is 0 Å². The molecule has 0 aliphatic heterocycles. The van der Waals surface area contributed by atoms with E-state index in [4.69, 9.17) is 0 Å². The number of carbonyl (C=O) groups excluding carboxylic acids is 1. The van der Waals surface area contributed by atoms with Crippen molar-refractivity contribution in [2.75, 3.05) is 0 Å². The van der Waals surface area contributed by atoms with Gasteiger partial charge >= 0.3 is 0 Å². The number of benzene rings is 1. The molecule has 0 saturated carbocycles. The Morgan fingerprint density at radius 1 is 1.15 bits per heavy atom. The van der Waals surface area contributed by atoms with E-state index >= 15 is 0 Å². The number of allylic oxidation sites excluding steroid dienone is 4. The molecule has 0 aliphatic carbocycles. The average molecular weight is 276 g/mol. The predicted octanol–water partition coefficient (Wildman–Crippen LogP) is 4.39. The van der Waals surface area contributed by atoms with Gasteiger partial charge < -0.3 is 10.2 Å². The van der Waals surface area contributed by atoms with E-state index in [-0.39, 0.29) is 22.8 Å². The molecule has 2 N–H and O–H groups in total. The van der Waals surface area contributed by atoms with Crippen molar-refractivity contribution < 1.29 is 15.0 Å². The highest BCUT2D eigenvalue weighted by atomic mass is 16.3. The largest absolute Gasteiger partial charge is 0.508 e. The molecular formula is C17H24O3. The highest BCUT2D eigenvalue weighted by Gasteiger charge is 2.17. The second-order valence-corrected chi connectivity index (χ2v) is 4.13. The van der Waals surface area contributed by atoms with Gasteiger partial charge in [0.05, 0.1) is 5.56 Å². The number of rotatable bonds is 4. The number of ketones is 1. The molecule has 20 heavy (non-hydrogen) atoms. The van der Waals surface area contributed by atoms with E-state index in [2.05, 4.69) is 0 Å². The fraction of sp³-hybridized carbons (Fsp3) is 0.353. The highest BCUT2D eigenvalue weighted by Crippen LogP contribution is 2.31. The van der Waals surface area contributed by atoms with Crippen LogP contribution in [-0.2, 0) is 6.42 Å². The van der Waals surface area contributed by atoms with Crippen molar-refractivity contribution in [3.05, 3.63) is 47.1 Å². The summed E-state index contributed by atoms with van der Waals surface area (Å²) in [6.07, 6.45) is 5.34. The van der Waals surface area contributed by atoms with Gasteiger partial charge in [-0.25, -0.2) is 0 Å². The molecule has 0 bridgehead atoms. The molecular weight excluding hydrogens is 252 g/mol. The molecule has 1 rings (SSSR count). The molecule has 0 saturated heterocycles. The maximum atomic E-state index is 11.9. The van der Waals surface area contributed by atoms with Crippen molar-refractivity contribution >= 4 is 5.78 Å². The van der Waals surface area contributed by atoms with Gasteiger partial charge in [-0.3, -0.25) is 4.79 Å². The molecule has 1 aromatic rings. The number of hydrogen-bond acceptors (Lipinski definition) is 3. The monoisotopic (exact) mass is 276 g/mol. The van der Waals surface area contributed by atoms with Crippen molar-refractivity contribution in [2.45, 2.75) is 41.0 Å². The molecule has 3 heteroatoms. The van der Waals surface area contributed by atoms with Crippen LogP contribution in [0.5, 0.6) is 11.5 Å². The molecule has 0 fully saturated rings. The van der Waals surface area contributed by atoms with Crippen molar-refractivity contribution in [3.63, 3.8) is 0 Å². The second-order valence-electron chi connectivity index (χ2n) is 4.13. The van der Waals surface area contributed by atoms with Gasteiger partial charge in [-0.05, 0) is 45.4 Å². The van der Waals surface area contributed by atoms with Crippen molar-refractivity contribution in [1.29, 1.82) is 0 Å². The van der Waals surface area contributed by atoms with Gasteiger partial charge in [-0.2, -0.15) is 0 Å². The van der Waals surface area contributed by atoms with Crippen LogP contribution < -0.4 is 0 Å². The fourth-order valence-corrected chi connectivity index (χ4v) is 1.69. The summed E-state index contributed by atoms with van der Waals surface area (Å²) < 4.78 is 0. The Hall–Kier alpha value is -2.03. The van der Waals surface area contributed by atoms with Crippen LogP contribution in [0.3, 0.4) is 0 Å². The molecule has 1 aromatic carbocycles. The number of phenols is 2. The van der Waals surface area contributed by atoms with Crippen LogP contribution in [0.4, 0.5) is 0 Å². The van der Waals surface area contributed by atoms with E-state index in [0.717, 1.165) is 5.57 Å². The van der Waals surface area contributed by atoms with Gasteiger partial charge in [0.2, 0.25) is 0 Å². The molecule has 0 heterocycles. The van der Waals surface area contributed by atoms with Crippen LogP contribution in [0.15, 0.2) is 35.9 Å². The number of hydrogen-bond donors (Lipinski definition) is 2. The minimum atomic E-state index is -0.301. The van der Waals surface area contributed by atoms with Crippen molar-refractivity contribution in [1.82, 2.24) is 0 Å². The normalized spacial score (nSPS) is 11.2. The van der Waals surface area contributed by atoms with Gasteiger partial charge in [0.15, 0.2) is 5.78 Å². The first-order valence-electron chi connectivity index (χ1n) is 6.83. The Labute approximate surface area is 121 Å². The number of phenolic OH excluding ortho intramolecular Hbond substituents is 2. The Balaban J connectivity index is 0.00000172. The quantitative estimate of drug-likeness (QED) is 0.371. The van der Waals surface area contributed by atoms with Gasteiger partial charge in [0.25, 0.3) is 0 Å². The van der Waals surface area contributed by atoms with Crippen molar-refractivity contribution in [2.24, 2.45) is 0 Å². The second kappa shape index (κ2) is 8.97. The third-order valence-electron chi connectivity index (χ3n) is 2.78. The Morgan fingerprint density at radius 2 is 1.70 bits per heavy atom. The molecule has 0 radical (unpaired) electrons. The van der Waals surface area contributed by atoms with Crippen LogP contribution in [-0.4, -0.2) is 16.0 Å². The minimum absolute atomic E-state index is 0.0295. The summed E-state index contributed by atoms with van der Waals surface area (Å²) in [5.41, 5.74) is 1.66. The maximum absolute atomic E-state index is 11.9. The zero-order valence-corrected chi connectivity index (χ0v) is 12.9. The topological polar surface area (TPSA) is 57.5 Å². The fourth-order valence-electron chi connectivity index (χ4n) is 1.69. The summed E-state index contributed by atoms with van der Waals surface area (Å²) in [5.74, 6) is -0.374. The highest BCUT2D eigenvalue weighted by molar-refractivity contribution is 6.08. The molecule has 110 valence electrons. The van der Waals surface area contributed by atoms with E-state index < -0.39 is 0 Å². The Kier molecular flexibility index (Phi) is 8.06. The summed E-state index contributed by atoms with van der Waals surface area (Å²) in [5, 5.41) is 19.7. The molecule has 0 amide bonds. The third-order valence-corrected chi connectivity index (χ3v) is 2.78. The SMILES string of the molecule is C/C=C/C(=O)c1c(O)ccc(O)c1C/C(C)=C/C.CC. The van der Waals surface area contributed by atoms with Gasteiger partial charge in [-0.15, -0.1) is 0 Å². The lowest BCUT2D eigenvalue weighted by atomic mass is 9.95. The lowest BCUT2D eigenvalue weighted by Gasteiger charge is -2.11. The van der Waals surface area contributed by atoms with Crippen LogP contribution in [0.25, 0.3) is 0 Å². The molecule has 0 unspecified atom stereocenters. The maximum Gasteiger partial charge on any atom is 0.189 e. The summed E-state index contributed by atoms with van der Waals surface area (Å²) in [6.45, 7) is 9.53. The zero-order valence-electron chi connectivity index (χ0n) is 12.9. The first-order valence-corrected chi connectivity index (χ1v) is 6.83. The standard InChI is InChI=1S/C15H18O3.C2H6/c1-4-6-13(17)15-11(9-10(3)5-2)12(16)7-8-14(15)18;1-2/h4-8,16,18H,9H2,1-3H3;1-2H3/b6-4+,10-5+;. The first-order chi connectivity index (χ1) is 9.51. The predicted molar refractivity (Wildman–Crippen MR) is 83.4 cm³/mol. The average Bonchev–Trinajstić information content (AvgIpc) is 2.45. The minimum Gasteiger partial charge on any atom is -0.508 e. The molecule has 0 spiro atoms. The first kappa shape index (κ1) is 18.0. The van der Waals surface area contributed by atoms with Crippen LogP contribution in [0.1, 0.15) is 50.5 Å². The van der Waals surface area contributed by atoms with E-state index in [9.17, 15) is 15.0 Å². The van der Waals surface area contributed by atoms with E-state index in [1.807, 2.05) is 33.8 Å². The zero-order chi connectivity index (χ0) is 15.7.